The van der Waals surface area contributed by atoms with Gasteiger partial charge in [0.15, 0.2) is 0 Å². The Balaban J connectivity index is 0.000000135. The zero-order valence-electron chi connectivity index (χ0n) is 26.2. The number of para-hydroxylation sites is 4. The molecule has 0 radical (unpaired) electrons. The van der Waals surface area contributed by atoms with Gasteiger partial charge in [0.1, 0.15) is 0 Å². The van der Waals surface area contributed by atoms with E-state index in [0.29, 0.717) is 0 Å². The topological polar surface area (TPSA) is 103 Å². The third-order valence-electron chi connectivity index (χ3n) is 7.84. The van der Waals surface area contributed by atoms with Crippen molar-refractivity contribution in [3.8, 4) is 0 Å². The summed E-state index contributed by atoms with van der Waals surface area (Å²) in [5.74, 6) is 0. The summed E-state index contributed by atoms with van der Waals surface area (Å²) in [6.45, 7) is 0. The summed E-state index contributed by atoms with van der Waals surface area (Å²) < 4.78 is 59.2. The first-order valence-electron chi connectivity index (χ1n) is 15.2. The van der Waals surface area contributed by atoms with Crippen molar-refractivity contribution in [1.29, 1.82) is 0 Å². The summed E-state index contributed by atoms with van der Waals surface area (Å²) in [5.41, 5.74) is 10.6. The van der Waals surface area contributed by atoms with E-state index in [1.165, 1.54) is 0 Å². The third kappa shape index (κ3) is 7.11. The van der Waals surface area contributed by atoms with Gasteiger partial charge < -0.3 is 0 Å². The summed E-state index contributed by atoms with van der Waals surface area (Å²) in [6, 6.07) is 31.7. The molecule has 10 rings (SSSR count). The number of rotatable bonds is 0. The van der Waals surface area contributed by atoms with Crippen LogP contribution in [-0.4, -0.2) is 39.9 Å². The maximum Gasteiger partial charge on any atom is 0.0996 e. The Morgan fingerprint density at radius 1 is 0.308 bits per heavy atom. The first kappa shape index (κ1) is 34.8. The molecule has 0 saturated heterocycles. The minimum Gasteiger partial charge on any atom is -0.254 e. The zero-order chi connectivity index (χ0) is 35.4. The Kier molecular flexibility index (Phi) is 8.22. The van der Waals surface area contributed by atoms with Crippen molar-refractivity contribution < 1.29 is 45.6 Å². The molecule has 0 bridgehead atoms. The fourth-order valence-corrected chi connectivity index (χ4v) is 5.89. The zero-order valence-corrected chi connectivity index (χ0v) is 28.6. The number of fused-ring (bicyclic) bond motifs is 14. The van der Waals surface area contributed by atoms with E-state index in [0.717, 1.165) is 87.7 Å². The van der Waals surface area contributed by atoms with Gasteiger partial charge in [-0.3, -0.25) is 19.9 Å². The average Bonchev–Trinajstić information content (AvgIpc) is 3.13. The minimum absolute atomic E-state index is 0. The van der Waals surface area contributed by atoms with Crippen LogP contribution >= 0.6 is 7.81 Å². The van der Waals surface area contributed by atoms with Crippen LogP contribution in [0.25, 0.3) is 87.7 Å². The number of hydrogen-bond donors (Lipinski definition) is 0. The van der Waals surface area contributed by atoms with Gasteiger partial charge in [0.2, 0.25) is 0 Å². The molecular weight excluding hydrogens is 796 g/mol. The van der Waals surface area contributed by atoms with E-state index in [1.807, 2.05) is 97.1 Å². The Hall–Kier alpha value is -5.61. The van der Waals surface area contributed by atoms with Crippen molar-refractivity contribution in [2.24, 2.45) is 0 Å². The van der Waals surface area contributed by atoms with E-state index in [1.54, 1.807) is 24.8 Å². The number of aromatic nitrogens is 8. The average molecular weight is 816 g/mol. The van der Waals surface area contributed by atoms with Crippen molar-refractivity contribution >= 4 is 95.6 Å². The molecule has 6 aromatic heterocycles. The fourth-order valence-electron chi connectivity index (χ4n) is 5.89. The molecule has 262 valence electrons. The van der Waals surface area contributed by atoms with Crippen molar-refractivity contribution in [3.63, 3.8) is 0 Å². The maximum absolute atomic E-state index is 10.7. The van der Waals surface area contributed by atoms with Crippen LogP contribution in [-0.2, 0) is 20.4 Å². The molecule has 0 atom stereocenters. The van der Waals surface area contributed by atoms with E-state index in [2.05, 4.69) is 19.9 Å². The van der Waals surface area contributed by atoms with Gasteiger partial charge in [-0.15, -0.1) is 0 Å². The first-order valence-corrected chi connectivity index (χ1v) is 17.2. The van der Waals surface area contributed by atoms with E-state index in [4.69, 9.17) is 19.9 Å². The Morgan fingerprint density at radius 3 is 0.731 bits per heavy atom. The molecule has 0 aliphatic carbocycles. The van der Waals surface area contributed by atoms with Gasteiger partial charge in [-0.1, -0.05) is 24.3 Å². The summed E-state index contributed by atoms with van der Waals surface area (Å²) >= 11 is 0. The molecule has 0 spiro atoms. The Morgan fingerprint density at radius 2 is 0.519 bits per heavy atom. The van der Waals surface area contributed by atoms with Gasteiger partial charge in [0, 0.05) is 66.8 Å². The van der Waals surface area contributed by atoms with Crippen molar-refractivity contribution in [3.05, 3.63) is 122 Å². The molecule has 0 N–H and O–H groups in total. The summed E-state index contributed by atoms with van der Waals surface area (Å²) in [5, 5.41) is 3.95. The molecule has 52 heavy (non-hydrogen) atoms. The predicted molar refractivity (Wildman–Crippen MR) is 189 cm³/mol. The smallest absolute Gasteiger partial charge is 0.0996 e. The quantitative estimate of drug-likeness (QED) is 0.0490. The van der Waals surface area contributed by atoms with E-state index >= 15 is 0 Å². The fraction of sp³-hybridized carbons (Fsp3) is 0. The first-order chi connectivity index (χ1) is 24.3. The third-order valence-corrected chi connectivity index (χ3v) is 7.84. The van der Waals surface area contributed by atoms with E-state index in [9.17, 15) is 25.2 Å². The second-order valence-corrected chi connectivity index (χ2v) is 13.3. The number of pyridine rings is 4. The maximum atomic E-state index is 9.87. The van der Waals surface area contributed by atoms with Crippen molar-refractivity contribution in [1.82, 2.24) is 39.9 Å². The molecule has 8 nitrogen and oxygen atoms in total. The van der Waals surface area contributed by atoms with Crippen LogP contribution in [0, 0.1) is 0 Å². The van der Waals surface area contributed by atoms with Crippen LogP contribution in [0.15, 0.2) is 122 Å². The molecule has 0 aliphatic rings. The monoisotopic (exact) mass is 815 g/mol. The van der Waals surface area contributed by atoms with Crippen LogP contribution in [0.4, 0.5) is 25.2 Å². The second kappa shape index (κ2) is 12.3. The van der Waals surface area contributed by atoms with E-state index in [-0.39, 0.29) is 20.4 Å². The largest absolute Gasteiger partial charge is 0.254 e. The van der Waals surface area contributed by atoms with Crippen molar-refractivity contribution in [2.75, 3.05) is 0 Å². The molecular formula is C36H20F6N8PPd-. The molecule has 16 heteroatoms. The number of benzene rings is 4. The summed E-state index contributed by atoms with van der Waals surface area (Å²) in [4.78, 5) is 37.3. The normalized spacial score (nSPS) is 13.0. The summed E-state index contributed by atoms with van der Waals surface area (Å²) in [6.07, 6.45) is 7.15. The molecule has 0 amide bonds. The molecule has 0 aliphatic heterocycles. The summed E-state index contributed by atoms with van der Waals surface area (Å²) in [7, 11) is -10.7. The standard InChI is InChI=1S/2C18H10N4.F6P.Pd/c2*1-2-8-14-13(7-1)21-17-11-5-3-9-19-15(11)16-12(18(17)22-14)6-4-10-20-16;1-7(2,3,4,5)6;/h2*1-10H;;/q;;-1;. The SMILES string of the molecule is F[P-](F)(F)(F)(F)F.[Pd].c1ccc2nc3c4cccnc4c4ncccc4c3nc2c1.c1ccc2nc3c4cccnc4c4ncccc4c3nc2c1. The molecule has 10 aromatic rings. The molecule has 0 saturated carbocycles. The van der Waals surface area contributed by atoms with Crippen molar-refractivity contribution in [2.45, 2.75) is 0 Å². The van der Waals surface area contributed by atoms with Gasteiger partial charge in [-0.2, -0.15) is 0 Å². The number of halogens is 6. The van der Waals surface area contributed by atoms with Gasteiger partial charge >= 0.3 is 33.0 Å². The van der Waals surface area contributed by atoms with Crippen LogP contribution in [0.3, 0.4) is 0 Å². The van der Waals surface area contributed by atoms with Gasteiger partial charge in [-0.25, -0.2) is 19.9 Å². The van der Waals surface area contributed by atoms with Crippen LogP contribution in [0.2, 0.25) is 0 Å². The minimum atomic E-state index is -10.7. The van der Waals surface area contributed by atoms with Crippen LogP contribution in [0.5, 0.6) is 0 Å². The van der Waals surface area contributed by atoms with Gasteiger partial charge in [0.05, 0.1) is 66.2 Å². The van der Waals surface area contributed by atoms with Gasteiger partial charge in [0.25, 0.3) is 0 Å². The van der Waals surface area contributed by atoms with Gasteiger partial charge in [-0.05, 0) is 72.8 Å². The number of hydrogen-bond acceptors (Lipinski definition) is 8. The van der Waals surface area contributed by atoms with Crippen LogP contribution < -0.4 is 0 Å². The Labute approximate surface area is 301 Å². The molecule has 4 aromatic carbocycles. The van der Waals surface area contributed by atoms with Crippen LogP contribution in [0.1, 0.15) is 0 Å². The Bertz CT molecular complexity index is 2620. The number of nitrogens with zero attached hydrogens (tertiary/aromatic N) is 8. The predicted octanol–water partition coefficient (Wildman–Crippen LogP) is 11.1. The molecule has 0 fully saturated rings. The molecule has 0 unspecified atom stereocenters. The van der Waals surface area contributed by atoms with E-state index < -0.39 is 7.81 Å². The second-order valence-electron chi connectivity index (χ2n) is 11.4. The molecule has 6 heterocycles.